The lowest BCUT2D eigenvalue weighted by atomic mass is 10.0. The molecule has 7 nitrogen and oxygen atoms in total. The summed E-state index contributed by atoms with van der Waals surface area (Å²) >= 11 is 0. The molecule has 0 aliphatic rings. The van der Waals surface area contributed by atoms with Crippen molar-refractivity contribution in [2.24, 2.45) is 0 Å². The van der Waals surface area contributed by atoms with Gasteiger partial charge in [0.15, 0.2) is 0 Å². The molecule has 2 aromatic carbocycles. The lowest BCUT2D eigenvalue weighted by Gasteiger charge is -2.16. The number of ether oxygens (including phenoxy) is 1. The van der Waals surface area contributed by atoms with Crippen molar-refractivity contribution >= 4 is 5.97 Å². The van der Waals surface area contributed by atoms with E-state index in [1.807, 2.05) is 6.07 Å². The van der Waals surface area contributed by atoms with Gasteiger partial charge in [-0.3, -0.25) is 13.9 Å². The van der Waals surface area contributed by atoms with E-state index in [1.54, 1.807) is 6.92 Å². The SMILES string of the molecule is CCOC(=O)c1cn(-c2ccc(C#N)cc2)c(=O)n(Cc2cccc(C(F)(F)F)c2C)c1=O. The van der Waals surface area contributed by atoms with Gasteiger partial charge in [-0.15, -0.1) is 0 Å². The molecule has 33 heavy (non-hydrogen) atoms. The molecule has 0 bridgehead atoms. The third-order valence-electron chi connectivity index (χ3n) is 5.02. The van der Waals surface area contributed by atoms with Crippen LogP contribution >= 0.6 is 0 Å². The van der Waals surface area contributed by atoms with Gasteiger partial charge in [-0.05, 0) is 55.3 Å². The number of carbonyl (C=O) groups excluding carboxylic acids is 1. The fourth-order valence-electron chi connectivity index (χ4n) is 3.30. The molecule has 0 aliphatic carbocycles. The number of nitrogens with zero attached hydrogens (tertiary/aromatic N) is 3. The Morgan fingerprint density at radius 1 is 1.12 bits per heavy atom. The molecule has 0 spiro atoms. The predicted octanol–water partition coefficient (Wildman–Crippen LogP) is 3.42. The fraction of sp³-hybridized carbons (Fsp3) is 0.217. The number of nitriles is 1. The first-order valence-corrected chi connectivity index (χ1v) is 9.78. The summed E-state index contributed by atoms with van der Waals surface area (Å²) in [5.74, 6) is -0.973. The molecule has 1 heterocycles. The lowest BCUT2D eigenvalue weighted by Crippen LogP contribution is -2.42. The van der Waals surface area contributed by atoms with Gasteiger partial charge in [-0.1, -0.05) is 12.1 Å². The zero-order chi connectivity index (χ0) is 24.3. The average Bonchev–Trinajstić information content (AvgIpc) is 2.77. The molecule has 0 unspecified atom stereocenters. The van der Waals surface area contributed by atoms with E-state index in [-0.39, 0.29) is 23.4 Å². The van der Waals surface area contributed by atoms with Crippen molar-refractivity contribution in [2.75, 3.05) is 6.61 Å². The Morgan fingerprint density at radius 2 is 1.79 bits per heavy atom. The zero-order valence-electron chi connectivity index (χ0n) is 17.6. The highest BCUT2D eigenvalue weighted by Crippen LogP contribution is 2.33. The van der Waals surface area contributed by atoms with E-state index in [0.717, 1.165) is 16.8 Å². The molecule has 0 fully saturated rings. The predicted molar refractivity (Wildman–Crippen MR) is 112 cm³/mol. The van der Waals surface area contributed by atoms with Crippen LogP contribution in [-0.2, 0) is 17.5 Å². The molecular weight excluding hydrogens is 439 g/mol. The van der Waals surface area contributed by atoms with E-state index < -0.39 is 41.1 Å². The van der Waals surface area contributed by atoms with Gasteiger partial charge in [-0.2, -0.15) is 18.4 Å². The maximum Gasteiger partial charge on any atom is 0.416 e. The van der Waals surface area contributed by atoms with Crippen LogP contribution in [0.1, 0.15) is 39.5 Å². The first kappa shape index (κ1) is 23.5. The fourth-order valence-corrected chi connectivity index (χ4v) is 3.30. The summed E-state index contributed by atoms with van der Waals surface area (Å²) in [6, 6.07) is 11.2. The third kappa shape index (κ3) is 4.72. The highest BCUT2D eigenvalue weighted by atomic mass is 19.4. The summed E-state index contributed by atoms with van der Waals surface area (Å²) in [6.07, 6.45) is -3.58. The number of rotatable bonds is 5. The van der Waals surface area contributed by atoms with Crippen LogP contribution in [-0.4, -0.2) is 21.7 Å². The molecule has 3 aromatic rings. The Labute approximate surface area is 185 Å². The number of alkyl halides is 3. The molecular formula is C23H18F3N3O4. The number of esters is 1. The minimum atomic E-state index is -4.61. The molecule has 0 saturated carbocycles. The van der Waals surface area contributed by atoms with E-state index >= 15 is 0 Å². The van der Waals surface area contributed by atoms with Gasteiger partial charge in [0.1, 0.15) is 5.56 Å². The van der Waals surface area contributed by atoms with E-state index in [2.05, 4.69) is 0 Å². The molecule has 0 radical (unpaired) electrons. The first-order valence-electron chi connectivity index (χ1n) is 9.78. The van der Waals surface area contributed by atoms with E-state index in [0.29, 0.717) is 10.1 Å². The molecule has 10 heteroatoms. The van der Waals surface area contributed by atoms with Crippen LogP contribution in [0.25, 0.3) is 5.69 Å². The van der Waals surface area contributed by atoms with Crippen molar-refractivity contribution < 1.29 is 22.7 Å². The van der Waals surface area contributed by atoms with Crippen molar-refractivity contribution in [3.05, 3.63) is 97.3 Å². The summed E-state index contributed by atoms with van der Waals surface area (Å²) in [7, 11) is 0. The van der Waals surface area contributed by atoms with Crippen LogP contribution in [0.3, 0.4) is 0 Å². The van der Waals surface area contributed by atoms with E-state index in [4.69, 9.17) is 10.00 Å². The number of aromatic nitrogens is 2. The van der Waals surface area contributed by atoms with Crippen LogP contribution < -0.4 is 11.2 Å². The monoisotopic (exact) mass is 457 g/mol. The summed E-state index contributed by atoms with van der Waals surface area (Å²) in [5, 5.41) is 8.97. The van der Waals surface area contributed by atoms with Gasteiger partial charge in [-0.25, -0.2) is 9.59 Å². The Bertz CT molecular complexity index is 1360. The van der Waals surface area contributed by atoms with Crippen LogP contribution in [0.5, 0.6) is 0 Å². The van der Waals surface area contributed by atoms with Gasteiger partial charge in [0, 0.05) is 6.20 Å². The quantitative estimate of drug-likeness (QED) is 0.548. The van der Waals surface area contributed by atoms with Gasteiger partial charge in [0.25, 0.3) is 5.56 Å². The number of benzene rings is 2. The van der Waals surface area contributed by atoms with Crippen LogP contribution in [0.15, 0.2) is 58.3 Å². The molecule has 0 saturated heterocycles. The van der Waals surface area contributed by atoms with Crippen LogP contribution in [0.2, 0.25) is 0 Å². The lowest BCUT2D eigenvalue weighted by molar-refractivity contribution is -0.138. The highest BCUT2D eigenvalue weighted by Gasteiger charge is 2.33. The largest absolute Gasteiger partial charge is 0.462 e. The molecule has 0 amide bonds. The second-order valence-corrected chi connectivity index (χ2v) is 7.05. The van der Waals surface area contributed by atoms with E-state index in [9.17, 15) is 27.6 Å². The number of hydrogen-bond donors (Lipinski definition) is 0. The summed E-state index contributed by atoms with van der Waals surface area (Å²) < 4.78 is 46.5. The summed E-state index contributed by atoms with van der Waals surface area (Å²) in [6.45, 7) is 2.27. The first-order chi connectivity index (χ1) is 15.6. The van der Waals surface area contributed by atoms with Crippen molar-refractivity contribution in [2.45, 2.75) is 26.6 Å². The number of hydrogen-bond acceptors (Lipinski definition) is 5. The zero-order valence-corrected chi connectivity index (χ0v) is 17.6. The van der Waals surface area contributed by atoms with Crippen LogP contribution in [0, 0.1) is 18.3 Å². The Kier molecular flexibility index (Phi) is 6.53. The van der Waals surface area contributed by atoms with Gasteiger partial charge >= 0.3 is 17.8 Å². The maximum atomic E-state index is 13.3. The average molecular weight is 457 g/mol. The summed E-state index contributed by atoms with van der Waals surface area (Å²) in [4.78, 5) is 38.5. The Hall–Kier alpha value is -4.13. The molecule has 1 aromatic heterocycles. The highest BCUT2D eigenvalue weighted by molar-refractivity contribution is 5.88. The smallest absolute Gasteiger partial charge is 0.416 e. The molecule has 0 N–H and O–H groups in total. The second-order valence-electron chi connectivity index (χ2n) is 7.05. The van der Waals surface area contributed by atoms with Crippen molar-refractivity contribution in [3.63, 3.8) is 0 Å². The minimum Gasteiger partial charge on any atom is -0.462 e. The number of halogens is 3. The maximum absolute atomic E-state index is 13.3. The van der Waals surface area contributed by atoms with Gasteiger partial charge < -0.3 is 4.74 Å². The topological polar surface area (TPSA) is 94.1 Å². The summed E-state index contributed by atoms with van der Waals surface area (Å²) in [5.41, 5.74) is -2.66. The molecule has 3 rings (SSSR count). The van der Waals surface area contributed by atoms with Crippen molar-refractivity contribution in [3.8, 4) is 11.8 Å². The molecule has 170 valence electrons. The van der Waals surface area contributed by atoms with Crippen molar-refractivity contribution in [1.82, 2.24) is 9.13 Å². The standard InChI is InChI=1S/C23H18F3N3O4/c1-3-33-21(31)18-13-28(17-9-7-15(11-27)8-10-17)22(32)29(20(18)30)12-16-5-4-6-19(14(16)2)23(24,25)26/h4-10,13H,3,12H2,1-2H3. The second kappa shape index (κ2) is 9.16. The molecule has 0 atom stereocenters. The third-order valence-corrected chi connectivity index (χ3v) is 5.02. The van der Waals surface area contributed by atoms with Gasteiger partial charge in [0.2, 0.25) is 0 Å². The Balaban J connectivity index is 2.24. The number of carbonyl (C=O) groups is 1. The van der Waals surface area contributed by atoms with Crippen LogP contribution in [0.4, 0.5) is 13.2 Å². The normalized spacial score (nSPS) is 11.2. The Morgan fingerprint density at radius 3 is 2.36 bits per heavy atom. The van der Waals surface area contributed by atoms with Crippen molar-refractivity contribution in [1.29, 1.82) is 5.26 Å². The minimum absolute atomic E-state index is 0.0268. The van der Waals surface area contributed by atoms with Gasteiger partial charge in [0.05, 0.1) is 36.0 Å². The molecule has 0 aliphatic heterocycles. The van der Waals surface area contributed by atoms with E-state index in [1.165, 1.54) is 43.3 Å².